The molecule has 0 bridgehead atoms. The van der Waals surface area contributed by atoms with Crippen LogP contribution in [0.4, 0.5) is 0 Å². The summed E-state index contributed by atoms with van der Waals surface area (Å²) in [4.78, 5) is 14.1. The minimum absolute atomic E-state index is 0.00383. The van der Waals surface area contributed by atoms with E-state index in [-0.39, 0.29) is 11.8 Å². The van der Waals surface area contributed by atoms with Crippen LogP contribution in [0.2, 0.25) is 0 Å². The number of hydrogen-bond acceptors (Lipinski definition) is 3. The van der Waals surface area contributed by atoms with Crippen molar-refractivity contribution < 1.29 is 4.79 Å². The van der Waals surface area contributed by atoms with Gasteiger partial charge in [-0.1, -0.05) is 13.3 Å². The summed E-state index contributed by atoms with van der Waals surface area (Å²) in [6, 6.07) is 0. The molecule has 2 unspecified atom stereocenters. The van der Waals surface area contributed by atoms with Crippen LogP contribution < -0.4 is 11.1 Å². The van der Waals surface area contributed by atoms with Crippen LogP contribution in [0, 0.1) is 11.8 Å². The molecule has 0 radical (unpaired) electrons. The Labute approximate surface area is 98.6 Å². The van der Waals surface area contributed by atoms with Crippen molar-refractivity contribution in [1.82, 2.24) is 10.2 Å². The summed E-state index contributed by atoms with van der Waals surface area (Å²) in [5.74, 6) is 0.761. The minimum atomic E-state index is 0.00383. The maximum atomic E-state index is 11.8. The van der Waals surface area contributed by atoms with E-state index < -0.39 is 0 Å². The van der Waals surface area contributed by atoms with Gasteiger partial charge in [-0.15, -0.1) is 0 Å². The number of nitrogens with two attached hydrogens (primary N) is 1. The summed E-state index contributed by atoms with van der Waals surface area (Å²) in [7, 11) is 2.13. The number of hydrogen-bond donors (Lipinski definition) is 2. The highest BCUT2D eigenvalue weighted by Gasteiger charge is 2.21. The predicted octanol–water partition coefficient (Wildman–Crippen LogP) is 0.429. The van der Waals surface area contributed by atoms with Crippen LogP contribution in [0.25, 0.3) is 0 Å². The zero-order valence-electron chi connectivity index (χ0n) is 10.5. The molecule has 1 aliphatic heterocycles. The van der Waals surface area contributed by atoms with Crippen LogP contribution in [-0.4, -0.2) is 44.0 Å². The molecule has 0 spiro atoms. The number of amides is 1. The lowest BCUT2D eigenvalue weighted by Crippen LogP contribution is -2.38. The molecule has 1 heterocycles. The van der Waals surface area contributed by atoms with E-state index in [9.17, 15) is 4.79 Å². The highest BCUT2D eigenvalue weighted by Crippen LogP contribution is 2.13. The van der Waals surface area contributed by atoms with Crippen molar-refractivity contribution in [3.63, 3.8) is 0 Å². The summed E-state index contributed by atoms with van der Waals surface area (Å²) in [5.41, 5.74) is 5.60. The SMILES string of the molecule is CCCC(CN)C(=O)NCC1CCN(C)C1. The van der Waals surface area contributed by atoms with Crippen LogP contribution in [-0.2, 0) is 4.79 Å². The quantitative estimate of drug-likeness (QED) is 0.692. The number of carbonyl (C=O) groups excluding carboxylic acids is 1. The van der Waals surface area contributed by atoms with Gasteiger partial charge in [0.1, 0.15) is 0 Å². The van der Waals surface area contributed by atoms with Crippen molar-refractivity contribution in [3.05, 3.63) is 0 Å². The first-order chi connectivity index (χ1) is 7.67. The summed E-state index contributed by atoms with van der Waals surface area (Å²) >= 11 is 0. The van der Waals surface area contributed by atoms with E-state index in [0.29, 0.717) is 12.5 Å². The molecule has 1 rings (SSSR count). The highest BCUT2D eigenvalue weighted by molar-refractivity contribution is 5.78. The summed E-state index contributed by atoms with van der Waals surface area (Å²) in [6.07, 6.45) is 3.10. The molecular weight excluding hydrogens is 202 g/mol. The van der Waals surface area contributed by atoms with E-state index in [4.69, 9.17) is 5.73 Å². The van der Waals surface area contributed by atoms with Crippen molar-refractivity contribution >= 4 is 5.91 Å². The second kappa shape index (κ2) is 6.86. The van der Waals surface area contributed by atoms with Gasteiger partial charge in [-0.05, 0) is 32.4 Å². The molecule has 1 aliphatic rings. The predicted molar refractivity (Wildman–Crippen MR) is 66.1 cm³/mol. The van der Waals surface area contributed by atoms with E-state index in [0.717, 1.165) is 32.5 Å². The summed E-state index contributed by atoms with van der Waals surface area (Å²) in [6.45, 7) is 5.60. The van der Waals surface area contributed by atoms with Gasteiger partial charge in [-0.25, -0.2) is 0 Å². The van der Waals surface area contributed by atoms with Gasteiger partial charge in [-0.2, -0.15) is 0 Å². The lowest BCUT2D eigenvalue weighted by Gasteiger charge is -2.16. The number of nitrogens with one attached hydrogen (secondary N) is 1. The topological polar surface area (TPSA) is 58.4 Å². The van der Waals surface area contributed by atoms with Gasteiger partial charge >= 0.3 is 0 Å². The van der Waals surface area contributed by atoms with Gasteiger partial charge in [0.25, 0.3) is 0 Å². The fraction of sp³-hybridized carbons (Fsp3) is 0.917. The first-order valence-electron chi connectivity index (χ1n) is 6.33. The Morgan fingerprint density at radius 2 is 2.38 bits per heavy atom. The van der Waals surface area contributed by atoms with Crippen LogP contribution in [0.15, 0.2) is 0 Å². The van der Waals surface area contributed by atoms with E-state index in [1.54, 1.807) is 0 Å². The molecule has 2 atom stereocenters. The van der Waals surface area contributed by atoms with E-state index in [2.05, 4.69) is 24.2 Å². The van der Waals surface area contributed by atoms with Crippen molar-refractivity contribution in [3.8, 4) is 0 Å². The van der Waals surface area contributed by atoms with Crippen molar-refractivity contribution in [2.45, 2.75) is 26.2 Å². The molecule has 0 aromatic heterocycles. The lowest BCUT2D eigenvalue weighted by molar-refractivity contribution is -0.125. The molecule has 1 saturated heterocycles. The lowest BCUT2D eigenvalue weighted by atomic mass is 10.0. The van der Waals surface area contributed by atoms with Crippen LogP contribution in [0.3, 0.4) is 0 Å². The van der Waals surface area contributed by atoms with Crippen LogP contribution >= 0.6 is 0 Å². The van der Waals surface area contributed by atoms with Gasteiger partial charge in [0.05, 0.1) is 5.92 Å². The Bertz CT molecular complexity index is 220. The Kier molecular flexibility index (Phi) is 5.77. The Morgan fingerprint density at radius 1 is 1.62 bits per heavy atom. The molecule has 0 saturated carbocycles. The molecule has 1 amide bonds. The second-order valence-electron chi connectivity index (χ2n) is 4.88. The molecule has 4 nitrogen and oxygen atoms in total. The third-order valence-electron chi connectivity index (χ3n) is 3.35. The largest absolute Gasteiger partial charge is 0.355 e. The molecule has 94 valence electrons. The van der Waals surface area contributed by atoms with Gasteiger partial charge in [-0.3, -0.25) is 4.79 Å². The van der Waals surface area contributed by atoms with E-state index in [1.165, 1.54) is 6.42 Å². The maximum absolute atomic E-state index is 11.8. The zero-order chi connectivity index (χ0) is 12.0. The molecular formula is C12H25N3O. The molecule has 3 N–H and O–H groups in total. The Morgan fingerprint density at radius 3 is 2.88 bits per heavy atom. The van der Waals surface area contributed by atoms with Gasteiger partial charge < -0.3 is 16.0 Å². The monoisotopic (exact) mass is 227 g/mol. The van der Waals surface area contributed by atoms with Gasteiger partial charge in [0.2, 0.25) is 5.91 Å². The van der Waals surface area contributed by atoms with Crippen molar-refractivity contribution in [2.75, 3.05) is 33.2 Å². The fourth-order valence-electron chi connectivity index (χ4n) is 2.29. The maximum Gasteiger partial charge on any atom is 0.224 e. The van der Waals surface area contributed by atoms with Gasteiger partial charge in [0.15, 0.2) is 0 Å². The van der Waals surface area contributed by atoms with Crippen molar-refractivity contribution in [2.24, 2.45) is 17.6 Å². The first kappa shape index (κ1) is 13.5. The summed E-state index contributed by atoms with van der Waals surface area (Å²) < 4.78 is 0. The second-order valence-corrected chi connectivity index (χ2v) is 4.88. The smallest absolute Gasteiger partial charge is 0.224 e. The Balaban J connectivity index is 2.23. The Hall–Kier alpha value is -0.610. The molecule has 0 aliphatic carbocycles. The molecule has 1 fully saturated rings. The highest BCUT2D eigenvalue weighted by atomic mass is 16.1. The third kappa shape index (κ3) is 4.10. The van der Waals surface area contributed by atoms with Crippen LogP contribution in [0.5, 0.6) is 0 Å². The number of carbonyl (C=O) groups is 1. The molecule has 0 aromatic rings. The first-order valence-corrected chi connectivity index (χ1v) is 6.33. The number of nitrogens with zero attached hydrogens (tertiary/aromatic N) is 1. The van der Waals surface area contributed by atoms with Crippen LogP contribution in [0.1, 0.15) is 26.2 Å². The van der Waals surface area contributed by atoms with Gasteiger partial charge in [0, 0.05) is 19.6 Å². The zero-order valence-corrected chi connectivity index (χ0v) is 10.5. The number of rotatable bonds is 6. The normalized spacial score (nSPS) is 23.3. The van der Waals surface area contributed by atoms with Crippen molar-refractivity contribution in [1.29, 1.82) is 0 Å². The third-order valence-corrected chi connectivity index (χ3v) is 3.35. The number of likely N-dealkylation sites (tertiary alicyclic amines) is 1. The van der Waals surface area contributed by atoms with E-state index >= 15 is 0 Å². The molecule has 0 aromatic carbocycles. The minimum Gasteiger partial charge on any atom is -0.355 e. The molecule has 4 heteroatoms. The fourth-order valence-corrected chi connectivity index (χ4v) is 2.29. The van der Waals surface area contributed by atoms with E-state index in [1.807, 2.05) is 0 Å². The standard InChI is InChI=1S/C12H25N3O/c1-3-4-11(7-13)12(16)14-8-10-5-6-15(2)9-10/h10-11H,3-9,13H2,1-2H3,(H,14,16). The summed E-state index contributed by atoms with van der Waals surface area (Å²) in [5, 5.41) is 3.04. The average molecular weight is 227 g/mol. The molecule has 16 heavy (non-hydrogen) atoms. The average Bonchev–Trinajstić information content (AvgIpc) is 2.68.